The van der Waals surface area contributed by atoms with Gasteiger partial charge in [0.15, 0.2) is 0 Å². The van der Waals surface area contributed by atoms with Crippen LogP contribution in [-0.2, 0) is 0 Å². The predicted octanol–water partition coefficient (Wildman–Crippen LogP) is 3.24. The predicted molar refractivity (Wildman–Crippen MR) is 52.4 cm³/mol. The fraction of sp³-hybridized carbons (Fsp3) is 0.500. The van der Waals surface area contributed by atoms with Gasteiger partial charge < -0.3 is 0 Å². The van der Waals surface area contributed by atoms with Crippen LogP contribution in [0.1, 0.15) is 19.8 Å². The molecule has 1 rings (SSSR count). The van der Waals surface area contributed by atoms with E-state index in [-0.39, 0.29) is 24.0 Å². The van der Waals surface area contributed by atoms with Gasteiger partial charge in [-0.05, 0) is 19.8 Å². The minimum Gasteiger partial charge on any atom is -0.243 e. The maximum Gasteiger partial charge on any atom is 0.119 e. The van der Waals surface area contributed by atoms with Crippen molar-refractivity contribution in [1.82, 2.24) is 0 Å². The summed E-state index contributed by atoms with van der Waals surface area (Å²) >= 11 is 0. The van der Waals surface area contributed by atoms with Gasteiger partial charge in [0.05, 0.1) is 0 Å². The van der Waals surface area contributed by atoms with Crippen molar-refractivity contribution in [3.05, 3.63) is 23.8 Å². The molecule has 0 radical (unpaired) electrons. The quantitative estimate of drug-likeness (QED) is 0.582. The maximum absolute atomic E-state index is 12.5. The topological polar surface area (TPSA) is 0 Å². The molecule has 0 aliphatic heterocycles. The molecule has 2 heteroatoms. The van der Waals surface area contributed by atoms with E-state index in [4.69, 9.17) is 0 Å². The summed E-state index contributed by atoms with van der Waals surface area (Å²) in [4.78, 5) is 0. The fourth-order valence-electron chi connectivity index (χ4n) is 0.891. The van der Waals surface area contributed by atoms with Gasteiger partial charge in [0.2, 0.25) is 0 Å². The van der Waals surface area contributed by atoms with E-state index in [1.807, 2.05) is 13.0 Å². The van der Waals surface area contributed by atoms with Crippen molar-refractivity contribution in [2.45, 2.75) is 25.9 Å². The van der Waals surface area contributed by atoms with E-state index in [1.54, 1.807) is 6.08 Å². The molecule has 1 aliphatic carbocycles. The van der Waals surface area contributed by atoms with Gasteiger partial charge in [-0.15, -0.1) is 24.0 Å². The van der Waals surface area contributed by atoms with Crippen molar-refractivity contribution in [2.75, 3.05) is 0 Å². The highest BCUT2D eigenvalue weighted by Crippen LogP contribution is 2.12. The van der Waals surface area contributed by atoms with E-state index in [2.05, 4.69) is 6.08 Å². The Balaban J connectivity index is 0.000000810. The van der Waals surface area contributed by atoms with Crippen LogP contribution < -0.4 is 0 Å². The molecule has 1 atom stereocenters. The third-order valence-corrected chi connectivity index (χ3v) is 1.48. The molecule has 1 unspecified atom stereocenters. The standard InChI is InChI=1S/C8H11F.HI/c1-7-3-2-4-8(9)6-5-7;/h3,5-6,8H,2,4H2,1H3;1H. The molecule has 0 amide bonds. The molecule has 0 aromatic heterocycles. The first kappa shape index (κ1) is 10.1. The van der Waals surface area contributed by atoms with Crippen LogP contribution in [-0.4, -0.2) is 6.17 Å². The number of halogens is 2. The zero-order chi connectivity index (χ0) is 6.69. The zero-order valence-electron chi connectivity index (χ0n) is 6.01. The first-order chi connectivity index (χ1) is 4.29. The second-order valence-electron chi connectivity index (χ2n) is 2.40. The van der Waals surface area contributed by atoms with Crippen LogP contribution >= 0.6 is 24.0 Å². The first-order valence-electron chi connectivity index (χ1n) is 3.28. The monoisotopic (exact) mass is 254 g/mol. The van der Waals surface area contributed by atoms with Gasteiger partial charge in [-0.3, -0.25) is 0 Å². The number of hydrogen-bond acceptors (Lipinski definition) is 0. The highest BCUT2D eigenvalue weighted by Gasteiger charge is 2.01. The molecule has 0 heterocycles. The number of hydrogen-bond donors (Lipinski definition) is 0. The third kappa shape index (κ3) is 3.34. The van der Waals surface area contributed by atoms with E-state index >= 15 is 0 Å². The van der Waals surface area contributed by atoms with E-state index in [0.29, 0.717) is 6.42 Å². The van der Waals surface area contributed by atoms with E-state index in [1.165, 1.54) is 5.57 Å². The average molecular weight is 254 g/mol. The summed E-state index contributed by atoms with van der Waals surface area (Å²) < 4.78 is 12.5. The molecule has 0 saturated heterocycles. The number of rotatable bonds is 0. The van der Waals surface area contributed by atoms with Crippen LogP contribution in [0.5, 0.6) is 0 Å². The summed E-state index contributed by atoms with van der Waals surface area (Å²) in [6.45, 7) is 1.99. The molecule has 58 valence electrons. The summed E-state index contributed by atoms with van der Waals surface area (Å²) in [6.07, 6.45) is 6.33. The van der Waals surface area contributed by atoms with E-state index < -0.39 is 6.17 Å². The molecule has 0 aromatic rings. The second-order valence-corrected chi connectivity index (χ2v) is 2.40. The Bertz CT molecular complexity index is 149. The van der Waals surface area contributed by atoms with Crippen molar-refractivity contribution in [3.8, 4) is 0 Å². The van der Waals surface area contributed by atoms with Gasteiger partial charge in [-0.2, -0.15) is 0 Å². The lowest BCUT2D eigenvalue weighted by Crippen LogP contribution is -1.90. The Morgan fingerprint density at radius 3 is 3.00 bits per heavy atom. The van der Waals surface area contributed by atoms with Crippen LogP contribution in [0.15, 0.2) is 23.8 Å². The van der Waals surface area contributed by atoms with Gasteiger partial charge in [0, 0.05) is 0 Å². The highest BCUT2D eigenvalue weighted by molar-refractivity contribution is 14.0. The molecule has 0 nitrogen and oxygen atoms in total. The number of allylic oxidation sites excluding steroid dienone is 4. The Labute approximate surface area is 78.2 Å². The van der Waals surface area contributed by atoms with Crippen molar-refractivity contribution in [2.24, 2.45) is 0 Å². The Hall–Kier alpha value is 0.140. The van der Waals surface area contributed by atoms with Crippen molar-refractivity contribution < 1.29 is 4.39 Å². The molecule has 0 bridgehead atoms. The lowest BCUT2D eigenvalue weighted by Gasteiger charge is -1.93. The molecule has 0 N–H and O–H groups in total. The second kappa shape index (κ2) is 4.88. The maximum atomic E-state index is 12.5. The first-order valence-corrected chi connectivity index (χ1v) is 3.28. The summed E-state index contributed by atoms with van der Waals surface area (Å²) in [7, 11) is 0. The molecular weight excluding hydrogens is 242 g/mol. The summed E-state index contributed by atoms with van der Waals surface area (Å²) in [5, 5.41) is 0. The van der Waals surface area contributed by atoms with Crippen LogP contribution in [0.3, 0.4) is 0 Å². The van der Waals surface area contributed by atoms with Crippen molar-refractivity contribution >= 4 is 24.0 Å². The summed E-state index contributed by atoms with van der Waals surface area (Å²) in [5.74, 6) is 0. The highest BCUT2D eigenvalue weighted by atomic mass is 127. The van der Waals surface area contributed by atoms with Gasteiger partial charge >= 0.3 is 0 Å². The molecule has 1 aliphatic rings. The largest absolute Gasteiger partial charge is 0.243 e. The Morgan fingerprint density at radius 1 is 1.60 bits per heavy atom. The lowest BCUT2D eigenvalue weighted by atomic mass is 10.2. The zero-order valence-corrected chi connectivity index (χ0v) is 8.34. The van der Waals surface area contributed by atoms with Crippen LogP contribution in [0, 0.1) is 0 Å². The van der Waals surface area contributed by atoms with Crippen LogP contribution in [0.4, 0.5) is 4.39 Å². The van der Waals surface area contributed by atoms with Gasteiger partial charge in [-0.1, -0.05) is 23.8 Å². The van der Waals surface area contributed by atoms with Crippen molar-refractivity contribution in [3.63, 3.8) is 0 Å². The van der Waals surface area contributed by atoms with Crippen LogP contribution in [0.25, 0.3) is 0 Å². The lowest BCUT2D eigenvalue weighted by molar-refractivity contribution is 0.382. The SMILES string of the molecule is CC1=CCCC(F)C=C1.I. The smallest absolute Gasteiger partial charge is 0.119 e. The van der Waals surface area contributed by atoms with E-state index in [9.17, 15) is 4.39 Å². The minimum absolute atomic E-state index is 0. The van der Waals surface area contributed by atoms with Gasteiger partial charge in [0.25, 0.3) is 0 Å². The van der Waals surface area contributed by atoms with Crippen molar-refractivity contribution in [1.29, 1.82) is 0 Å². The molecular formula is C8H12FI. The van der Waals surface area contributed by atoms with Gasteiger partial charge in [-0.25, -0.2) is 4.39 Å². The molecule has 10 heavy (non-hydrogen) atoms. The fourth-order valence-corrected chi connectivity index (χ4v) is 0.891. The molecule has 0 saturated carbocycles. The van der Waals surface area contributed by atoms with E-state index in [0.717, 1.165) is 6.42 Å². The number of alkyl halides is 1. The Kier molecular flexibility index (Phi) is 4.95. The van der Waals surface area contributed by atoms with Crippen LogP contribution in [0.2, 0.25) is 0 Å². The third-order valence-electron chi connectivity index (χ3n) is 1.48. The van der Waals surface area contributed by atoms with Gasteiger partial charge in [0.1, 0.15) is 6.17 Å². The minimum atomic E-state index is -0.723. The molecule has 0 fully saturated rings. The normalized spacial score (nSPS) is 24.6. The summed E-state index contributed by atoms with van der Waals surface area (Å²) in [5.41, 5.74) is 1.18. The molecule has 0 aromatic carbocycles. The summed E-state index contributed by atoms with van der Waals surface area (Å²) in [6, 6.07) is 0. The average Bonchev–Trinajstić information content (AvgIpc) is 1.97. The Morgan fingerprint density at radius 2 is 2.30 bits per heavy atom. The molecule has 0 spiro atoms.